The molecule has 1 aliphatic carbocycles. The van der Waals surface area contributed by atoms with Crippen LogP contribution in [0.5, 0.6) is 11.5 Å². The van der Waals surface area contributed by atoms with Crippen LogP contribution in [0.2, 0.25) is 18.1 Å². The SMILES string of the molecule is CN1C(=O)[C@]23C[C@H]4C(C)(C)c5c(c6ccc7c(c6n5C(=O)OC(C)(C)C)OCC(O[Si](C)(C)C(C)(C)C)C(C)(C)O7)C[C@@]41CN2CC[C@@H]3O. The molecule has 6 heterocycles. The molecule has 11 heteroatoms. The van der Waals surface area contributed by atoms with Gasteiger partial charge < -0.3 is 28.6 Å². The molecule has 49 heavy (non-hydrogen) atoms. The van der Waals surface area contributed by atoms with E-state index in [-0.39, 0.29) is 29.6 Å². The molecule has 0 radical (unpaired) electrons. The van der Waals surface area contributed by atoms with Gasteiger partial charge in [-0.25, -0.2) is 9.36 Å². The summed E-state index contributed by atoms with van der Waals surface area (Å²) < 4.78 is 28.4. The van der Waals surface area contributed by atoms with Crippen LogP contribution in [0.25, 0.3) is 10.9 Å². The lowest BCUT2D eigenvalue weighted by Crippen LogP contribution is -2.84. The van der Waals surface area contributed by atoms with Gasteiger partial charge in [-0.2, -0.15) is 0 Å². The molecule has 10 nitrogen and oxygen atoms in total. The maximum absolute atomic E-state index is 14.5. The zero-order chi connectivity index (χ0) is 36.1. The number of ether oxygens (including phenoxy) is 3. The van der Waals surface area contributed by atoms with Crippen molar-refractivity contribution in [2.24, 2.45) is 5.92 Å². The van der Waals surface area contributed by atoms with Gasteiger partial charge in [0.1, 0.15) is 35.0 Å². The van der Waals surface area contributed by atoms with Crippen LogP contribution in [0.4, 0.5) is 4.79 Å². The summed E-state index contributed by atoms with van der Waals surface area (Å²) in [6.45, 7) is 26.9. The first-order valence-electron chi connectivity index (χ1n) is 18.0. The highest BCUT2D eigenvalue weighted by atomic mass is 28.4. The number of piperazine rings is 1. The molecule has 1 amide bonds. The zero-order valence-electron chi connectivity index (χ0n) is 31.9. The van der Waals surface area contributed by atoms with Gasteiger partial charge in [-0.05, 0) is 95.6 Å². The standard InChI is InChI=1S/C38H57N3O7Si/c1-33(2,3)47-32(44)41-28-22(14-15-24-29(28)45-20-27(36(9,10)46-24)48-49(12,13)34(4,5)6)23-18-37-21-40-17-16-26(42)38(40,31(43)39(37)11)19-25(37)35(7,8)30(23)41/h14-15,25-27,42H,16-21H2,1-13H3/t25-,26-,27?,37+,38+/m0/s1. The number of fused-ring (bicyclic) bond motifs is 6. The number of likely N-dealkylation sites (N-methyl/N-ethyl adjacent to an activating group) is 1. The van der Waals surface area contributed by atoms with Crippen molar-refractivity contribution in [2.45, 2.75) is 147 Å². The Bertz CT molecular complexity index is 1750. The number of carbonyl (C=O) groups is 2. The quantitative estimate of drug-likeness (QED) is 0.369. The average molecular weight is 696 g/mol. The predicted octanol–water partition coefficient (Wildman–Crippen LogP) is 6.23. The lowest BCUT2D eigenvalue weighted by Gasteiger charge is -2.69. The van der Waals surface area contributed by atoms with Crippen molar-refractivity contribution >= 4 is 31.2 Å². The number of aliphatic hydroxyl groups is 1. The lowest BCUT2D eigenvalue weighted by molar-refractivity contribution is -0.201. The number of piperidine rings is 2. The molecule has 5 atom stereocenters. The third-order valence-electron chi connectivity index (χ3n) is 13.2. The summed E-state index contributed by atoms with van der Waals surface area (Å²) in [5.74, 6) is 1.06. The van der Waals surface area contributed by atoms with E-state index in [9.17, 15) is 14.7 Å². The maximum Gasteiger partial charge on any atom is 0.419 e. The Kier molecular flexibility index (Phi) is 7.29. The predicted molar refractivity (Wildman–Crippen MR) is 191 cm³/mol. The van der Waals surface area contributed by atoms with E-state index in [4.69, 9.17) is 18.6 Å². The molecule has 2 spiro atoms. The molecule has 1 aromatic heterocycles. The van der Waals surface area contributed by atoms with Crippen LogP contribution < -0.4 is 9.47 Å². The summed E-state index contributed by atoms with van der Waals surface area (Å²) in [6.07, 6.45) is 0.170. The van der Waals surface area contributed by atoms with Gasteiger partial charge in [0.25, 0.3) is 0 Å². The lowest BCUT2D eigenvalue weighted by atomic mass is 9.50. The first kappa shape index (κ1) is 34.8. The van der Waals surface area contributed by atoms with Crippen molar-refractivity contribution in [1.82, 2.24) is 14.4 Å². The Labute approximate surface area is 292 Å². The second-order valence-electron chi connectivity index (χ2n) is 19.1. The molecule has 1 aromatic carbocycles. The van der Waals surface area contributed by atoms with E-state index < -0.39 is 48.2 Å². The van der Waals surface area contributed by atoms with Gasteiger partial charge >= 0.3 is 6.09 Å². The summed E-state index contributed by atoms with van der Waals surface area (Å²) >= 11 is 0. The molecule has 4 saturated heterocycles. The Morgan fingerprint density at radius 2 is 1.76 bits per heavy atom. The van der Waals surface area contributed by atoms with Crippen LogP contribution in [0, 0.1) is 5.92 Å². The molecule has 1 unspecified atom stereocenters. The minimum absolute atomic E-state index is 0.000214. The van der Waals surface area contributed by atoms with E-state index in [0.717, 1.165) is 16.6 Å². The second kappa shape index (κ2) is 10.3. The summed E-state index contributed by atoms with van der Waals surface area (Å²) in [5, 5.41) is 12.3. The van der Waals surface area contributed by atoms with Crippen LogP contribution in [-0.2, 0) is 25.8 Å². The summed E-state index contributed by atoms with van der Waals surface area (Å²) in [6, 6.07) is 4.01. The third kappa shape index (κ3) is 4.66. The molecular weight excluding hydrogens is 639 g/mol. The van der Waals surface area contributed by atoms with E-state index in [2.05, 4.69) is 52.6 Å². The van der Waals surface area contributed by atoms with Crippen LogP contribution in [0.1, 0.15) is 93.3 Å². The molecular formula is C38H57N3O7Si. The van der Waals surface area contributed by atoms with Gasteiger partial charge in [0.05, 0.1) is 11.6 Å². The van der Waals surface area contributed by atoms with Crippen LogP contribution in [0.15, 0.2) is 12.1 Å². The molecule has 1 N–H and O–H groups in total. The van der Waals surface area contributed by atoms with Crippen molar-refractivity contribution in [3.05, 3.63) is 23.4 Å². The number of hydrogen-bond acceptors (Lipinski definition) is 8. The van der Waals surface area contributed by atoms with E-state index in [1.807, 2.05) is 58.7 Å². The molecule has 4 fully saturated rings. The van der Waals surface area contributed by atoms with E-state index in [1.165, 1.54) is 0 Å². The molecule has 270 valence electrons. The summed E-state index contributed by atoms with van der Waals surface area (Å²) in [7, 11) is -0.274. The average Bonchev–Trinajstić information content (AvgIpc) is 3.43. The molecule has 5 aliphatic heterocycles. The van der Waals surface area contributed by atoms with Crippen molar-refractivity contribution < 1.29 is 33.3 Å². The van der Waals surface area contributed by atoms with Gasteiger partial charge in [0, 0.05) is 36.6 Å². The highest BCUT2D eigenvalue weighted by molar-refractivity contribution is 6.74. The fourth-order valence-electron chi connectivity index (χ4n) is 9.62. The molecule has 6 aliphatic rings. The first-order chi connectivity index (χ1) is 22.4. The Morgan fingerprint density at radius 1 is 1.08 bits per heavy atom. The Morgan fingerprint density at radius 3 is 2.39 bits per heavy atom. The van der Waals surface area contributed by atoms with Gasteiger partial charge in [0.2, 0.25) is 5.91 Å². The number of aromatic nitrogens is 1. The topological polar surface area (TPSA) is 103 Å². The molecule has 0 saturated carbocycles. The minimum atomic E-state index is -2.19. The smallest absolute Gasteiger partial charge is 0.419 e. The van der Waals surface area contributed by atoms with Crippen molar-refractivity contribution in [2.75, 3.05) is 26.7 Å². The molecule has 2 aromatic rings. The number of benzene rings is 1. The van der Waals surface area contributed by atoms with Crippen LogP contribution >= 0.6 is 0 Å². The summed E-state index contributed by atoms with van der Waals surface area (Å²) in [5.41, 5.74) is -0.919. The number of carbonyl (C=O) groups excluding carboxylic acids is 2. The number of rotatable bonds is 2. The number of nitrogens with zero attached hydrogens (tertiary/aromatic N) is 3. The fraction of sp³-hybridized carbons (Fsp3) is 0.737. The maximum atomic E-state index is 14.5. The third-order valence-corrected chi connectivity index (χ3v) is 17.7. The minimum Gasteiger partial charge on any atom is -0.485 e. The Balaban J connectivity index is 1.43. The van der Waals surface area contributed by atoms with E-state index in [1.54, 1.807) is 4.57 Å². The van der Waals surface area contributed by atoms with Crippen molar-refractivity contribution in [3.63, 3.8) is 0 Å². The van der Waals surface area contributed by atoms with Gasteiger partial charge in [0.15, 0.2) is 19.8 Å². The monoisotopic (exact) mass is 695 g/mol. The summed E-state index contributed by atoms with van der Waals surface area (Å²) in [4.78, 5) is 32.9. The van der Waals surface area contributed by atoms with Crippen LogP contribution in [0.3, 0.4) is 0 Å². The number of amides is 1. The zero-order valence-corrected chi connectivity index (χ0v) is 32.9. The number of aliphatic hydroxyl groups excluding tert-OH is 1. The van der Waals surface area contributed by atoms with E-state index in [0.29, 0.717) is 49.4 Å². The van der Waals surface area contributed by atoms with Gasteiger partial charge in [-0.3, -0.25) is 9.69 Å². The van der Waals surface area contributed by atoms with Crippen molar-refractivity contribution in [3.8, 4) is 11.5 Å². The fourth-order valence-corrected chi connectivity index (χ4v) is 11.0. The highest BCUT2D eigenvalue weighted by Crippen LogP contribution is 2.62. The Hall–Kier alpha value is -2.60. The first-order valence-corrected chi connectivity index (χ1v) is 20.9. The van der Waals surface area contributed by atoms with Crippen molar-refractivity contribution in [1.29, 1.82) is 0 Å². The van der Waals surface area contributed by atoms with Gasteiger partial charge in [-0.1, -0.05) is 34.6 Å². The molecule has 8 rings (SSSR count). The molecule has 2 bridgehead atoms. The van der Waals surface area contributed by atoms with Gasteiger partial charge in [-0.15, -0.1) is 0 Å². The van der Waals surface area contributed by atoms with E-state index >= 15 is 0 Å². The number of hydrogen-bond donors (Lipinski definition) is 1. The van der Waals surface area contributed by atoms with Crippen LogP contribution in [-0.4, -0.2) is 101 Å². The highest BCUT2D eigenvalue weighted by Gasteiger charge is 2.73. The second-order valence-corrected chi connectivity index (χ2v) is 23.8. The normalized spacial score (nSPS) is 32.1. The largest absolute Gasteiger partial charge is 0.485 e.